The van der Waals surface area contributed by atoms with Gasteiger partial charge in [0, 0.05) is 18.4 Å². The molecule has 0 saturated carbocycles. The Labute approximate surface area is 107 Å². The second-order valence-corrected chi connectivity index (χ2v) is 4.23. The number of benzene rings is 2. The molecule has 0 aliphatic rings. The molecule has 0 spiro atoms. The van der Waals surface area contributed by atoms with Crippen LogP contribution in [-0.2, 0) is 0 Å². The van der Waals surface area contributed by atoms with Crippen LogP contribution in [-0.4, -0.2) is 7.05 Å². The number of nitrogens with zero attached hydrogens (tertiary/aromatic N) is 2. The molecule has 0 aromatic heterocycles. The van der Waals surface area contributed by atoms with E-state index in [1.165, 1.54) is 0 Å². The molecule has 0 amide bonds. The maximum atomic E-state index is 9.13. The molecule has 0 unspecified atom stereocenters. The summed E-state index contributed by atoms with van der Waals surface area (Å²) >= 11 is 0. The smallest absolute Gasteiger partial charge is 0.101 e. The van der Waals surface area contributed by atoms with Crippen LogP contribution in [0, 0.1) is 18.3 Å². The summed E-state index contributed by atoms with van der Waals surface area (Å²) in [7, 11) is 1.95. The van der Waals surface area contributed by atoms with Gasteiger partial charge in [0.05, 0.1) is 11.3 Å². The van der Waals surface area contributed by atoms with Gasteiger partial charge in [0.1, 0.15) is 6.07 Å². The highest BCUT2D eigenvalue weighted by Gasteiger charge is 2.10. The Morgan fingerprint density at radius 2 is 1.83 bits per heavy atom. The van der Waals surface area contributed by atoms with Gasteiger partial charge in [-0.1, -0.05) is 12.1 Å². The largest absolute Gasteiger partial charge is 0.399 e. The molecule has 2 aromatic rings. The van der Waals surface area contributed by atoms with Crippen LogP contribution in [0.15, 0.2) is 42.5 Å². The van der Waals surface area contributed by atoms with Gasteiger partial charge in [0.25, 0.3) is 0 Å². The van der Waals surface area contributed by atoms with Crippen LogP contribution in [0.1, 0.15) is 11.1 Å². The Kier molecular flexibility index (Phi) is 3.20. The highest BCUT2D eigenvalue weighted by Crippen LogP contribution is 2.29. The molecule has 2 N–H and O–H groups in total. The van der Waals surface area contributed by atoms with Crippen LogP contribution in [0.2, 0.25) is 0 Å². The molecule has 0 atom stereocenters. The van der Waals surface area contributed by atoms with Crippen LogP contribution >= 0.6 is 0 Å². The summed E-state index contributed by atoms with van der Waals surface area (Å²) in [4.78, 5) is 2.01. The molecule has 2 aromatic carbocycles. The van der Waals surface area contributed by atoms with Gasteiger partial charge >= 0.3 is 0 Å². The van der Waals surface area contributed by atoms with Gasteiger partial charge in [-0.05, 0) is 42.8 Å². The van der Waals surface area contributed by atoms with E-state index in [0.29, 0.717) is 5.56 Å². The van der Waals surface area contributed by atoms with Gasteiger partial charge in [0.15, 0.2) is 0 Å². The highest BCUT2D eigenvalue weighted by atomic mass is 15.1. The molecule has 0 aliphatic heterocycles. The van der Waals surface area contributed by atoms with Crippen molar-refractivity contribution in [3.05, 3.63) is 53.6 Å². The zero-order valence-electron chi connectivity index (χ0n) is 10.5. The van der Waals surface area contributed by atoms with Crippen LogP contribution in [0.25, 0.3) is 0 Å². The summed E-state index contributed by atoms with van der Waals surface area (Å²) < 4.78 is 0. The van der Waals surface area contributed by atoms with Gasteiger partial charge in [-0.25, -0.2) is 0 Å². The third-order valence-electron chi connectivity index (χ3n) is 2.97. The molecule has 3 heteroatoms. The van der Waals surface area contributed by atoms with Gasteiger partial charge in [-0.15, -0.1) is 0 Å². The third-order valence-corrected chi connectivity index (χ3v) is 2.97. The first kappa shape index (κ1) is 12.0. The van der Waals surface area contributed by atoms with Crippen LogP contribution in [0.4, 0.5) is 17.1 Å². The van der Waals surface area contributed by atoms with E-state index in [1.807, 2.05) is 61.3 Å². The van der Waals surface area contributed by atoms with Crippen molar-refractivity contribution in [1.82, 2.24) is 0 Å². The van der Waals surface area contributed by atoms with Gasteiger partial charge in [-0.3, -0.25) is 0 Å². The number of nitrogens with two attached hydrogens (primary N) is 1. The summed E-state index contributed by atoms with van der Waals surface area (Å²) in [5.41, 5.74) is 10.2. The number of hydrogen-bond donors (Lipinski definition) is 1. The molecule has 0 fully saturated rings. The number of rotatable bonds is 2. The maximum absolute atomic E-state index is 9.13. The Balaban J connectivity index is 2.48. The average Bonchev–Trinajstić information content (AvgIpc) is 2.38. The lowest BCUT2D eigenvalue weighted by atomic mass is 10.1. The van der Waals surface area contributed by atoms with Crippen molar-refractivity contribution >= 4 is 17.1 Å². The van der Waals surface area contributed by atoms with Crippen molar-refractivity contribution in [2.75, 3.05) is 17.7 Å². The molecule has 0 saturated heterocycles. The Bertz CT molecular complexity index is 611. The molecule has 0 radical (unpaired) electrons. The minimum absolute atomic E-state index is 0.663. The zero-order chi connectivity index (χ0) is 13.1. The molecule has 18 heavy (non-hydrogen) atoms. The number of nitriles is 1. The van der Waals surface area contributed by atoms with E-state index < -0.39 is 0 Å². The lowest BCUT2D eigenvalue weighted by molar-refractivity contribution is 1.18. The topological polar surface area (TPSA) is 53.0 Å². The molecule has 0 bridgehead atoms. The average molecular weight is 237 g/mol. The van der Waals surface area contributed by atoms with E-state index in [-0.39, 0.29) is 0 Å². The number of nitrogen functional groups attached to an aromatic ring is 1. The van der Waals surface area contributed by atoms with Crippen LogP contribution in [0.5, 0.6) is 0 Å². The summed E-state index contributed by atoms with van der Waals surface area (Å²) in [6, 6.07) is 15.5. The SMILES string of the molecule is Cc1cc(N)ccc1N(C)c1ccccc1C#N. The van der Waals surface area contributed by atoms with Crippen molar-refractivity contribution in [2.24, 2.45) is 0 Å². The lowest BCUT2D eigenvalue weighted by Crippen LogP contribution is -2.12. The Morgan fingerprint density at radius 1 is 1.11 bits per heavy atom. The number of anilines is 3. The van der Waals surface area contributed by atoms with Crippen molar-refractivity contribution in [1.29, 1.82) is 5.26 Å². The quantitative estimate of drug-likeness (QED) is 0.816. The molecular formula is C15H15N3. The normalized spacial score (nSPS) is 9.83. The molecule has 0 aliphatic carbocycles. The minimum Gasteiger partial charge on any atom is -0.399 e. The zero-order valence-corrected chi connectivity index (χ0v) is 10.5. The second-order valence-electron chi connectivity index (χ2n) is 4.23. The van der Waals surface area contributed by atoms with E-state index in [2.05, 4.69) is 6.07 Å². The van der Waals surface area contributed by atoms with E-state index >= 15 is 0 Å². The standard InChI is InChI=1S/C15H15N3/c1-11-9-13(17)7-8-14(11)18(2)15-6-4-3-5-12(15)10-16/h3-9H,17H2,1-2H3. The first-order valence-corrected chi connectivity index (χ1v) is 5.72. The maximum Gasteiger partial charge on any atom is 0.101 e. The fourth-order valence-electron chi connectivity index (χ4n) is 2.05. The summed E-state index contributed by atoms with van der Waals surface area (Å²) in [5, 5.41) is 9.13. The van der Waals surface area contributed by atoms with Crippen molar-refractivity contribution in [2.45, 2.75) is 6.92 Å². The van der Waals surface area contributed by atoms with E-state index in [1.54, 1.807) is 0 Å². The minimum atomic E-state index is 0.663. The fourth-order valence-corrected chi connectivity index (χ4v) is 2.05. The van der Waals surface area contributed by atoms with Gasteiger partial charge in [-0.2, -0.15) is 5.26 Å². The van der Waals surface area contributed by atoms with E-state index in [9.17, 15) is 0 Å². The third kappa shape index (κ3) is 2.14. The highest BCUT2D eigenvalue weighted by molar-refractivity contribution is 5.72. The van der Waals surface area contributed by atoms with E-state index in [4.69, 9.17) is 11.0 Å². The summed E-state index contributed by atoms with van der Waals surface area (Å²) in [5.74, 6) is 0. The fraction of sp³-hybridized carbons (Fsp3) is 0.133. The number of para-hydroxylation sites is 1. The molecule has 3 nitrogen and oxygen atoms in total. The van der Waals surface area contributed by atoms with Crippen molar-refractivity contribution < 1.29 is 0 Å². The first-order valence-electron chi connectivity index (χ1n) is 5.72. The Morgan fingerprint density at radius 3 is 2.50 bits per heavy atom. The lowest BCUT2D eigenvalue weighted by Gasteiger charge is -2.22. The van der Waals surface area contributed by atoms with Crippen LogP contribution in [0.3, 0.4) is 0 Å². The molecule has 0 heterocycles. The van der Waals surface area contributed by atoms with Gasteiger partial charge in [0.2, 0.25) is 0 Å². The Hall–Kier alpha value is -2.47. The monoisotopic (exact) mass is 237 g/mol. The first-order chi connectivity index (χ1) is 8.63. The van der Waals surface area contributed by atoms with Crippen molar-refractivity contribution in [3.63, 3.8) is 0 Å². The molecule has 90 valence electrons. The molecule has 2 rings (SSSR count). The second kappa shape index (κ2) is 4.80. The van der Waals surface area contributed by atoms with Gasteiger partial charge < -0.3 is 10.6 Å². The predicted molar refractivity (Wildman–Crippen MR) is 74.8 cm³/mol. The summed E-state index contributed by atoms with van der Waals surface area (Å²) in [6.07, 6.45) is 0. The number of hydrogen-bond acceptors (Lipinski definition) is 3. The van der Waals surface area contributed by atoms with Crippen LogP contribution < -0.4 is 10.6 Å². The predicted octanol–water partition coefficient (Wildman–Crippen LogP) is 3.22. The van der Waals surface area contributed by atoms with Crippen molar-refractivity contribution in [3.8, 4) is 6.07 Å². The molecular weight excluding hydrogens is 222 g/mol. The number of aryl methyl sites for hydroxylation is 1. The van der Waals surface area contributed by atoms with E-state index in [0.717, 1.165) is 22.6 Å². The summed E-state index contributed by atoms with van der Waals surface area (Å²) in [6.45, 7) is 2.01.